The highest BCUT2D eigenvalue weighted by Gasteiger charge is 2.11. The van der Waals surface area contributed by atoms with Crippen molar-refractivity contribution in [2.75, 3.05) is 24.3 Å². The summed E-state index contributed by atoms with van der Waals surface area (Å²) in [6.07, 6.45) is 0.858. The first kappa shape index (κ1) is 19.7. The Kier molecular flexibility index (Phi) is 6.09. The van der Waals surface area contributed by atoms with Crippen molar-refractivity contribution in [3.8, 4) is 5.75 Å². The van der Waals surface area contributed by atoms with Crippen LogP contribution in [0.15, 0.2) is 78.9 Å². The second kappa shape index (κ2) is 9.27. The summed E-state index contributed by atoms with van der Waals surface area (Å²) in [4.78, 5) is 9.47. The van der Waals surface area contributed by atoms with E-state index in [0.717, 1.165) is 35.4 Å². The minimum absolute atomic E-state index is 0.133. The van der Waals surface area contributed by atoms with Crippen LogP contribution in [0, 0.1) is 0 Å². The van der Waals surface area contributed by atoms with Crippen molar-refractivity contribution in [3.05, 3.63) is 90.0 Å². The van der Waals surface area contributed by atoms with E-state index in [2.05, 4.69) is 60.0 Å². The highest BCUT2D eigenvalue weighted by atomic mass is 16.5. The van der Waals surface area contributed by atoms with E-state index in [4.69, 9.17) is 14.7 Å². The van der Waals surface area contributed by atoms with Crippen molar-refractivity contribution in [1.82, 2.24) is 9.97 Å². The number of ether oxygens (including phenoxy) is 1. The summed E-state index contributed by atoms with van der Waals surface area (Å²) in [6, 6.07) is 26.7. The Morgan fingerprint density at radius 2 is 1.70 bits per heavy atom. The molecule has 5 heteroatoms. The third-order valence-corrected chi connectivity index (χ3v) is 5.09. The Morgan fingerprint density at radius 1 is 0.900 bits per heavy atom. The summed E-state index contributed by atoms with van der Waals surface area (Å²) in [5.74, 6) is 2.33. The van der Waals surface area contributed by atoms with Crippen molar-refractivity contribution in [3.63, 3.8) is 0 Å². The van der Waals surface area contributed by atoms with Gasteiger partial charge < -0.3 is 15.4 Å². The zero-order valence-corrected chi connectivity index (χ0v) is 17.3. The van der Waals surface area contributed by atoms with Gasteiger partial charge in [0, 0.05) is 18.0 Å². The number of anilines is 2. The van der Waals surface area contributed by atoms with E-state index in [-0.39, 0.29) is 6.04 Å². The molecule has 0 saturated carbocycles. The fourth-order valence-electron chi connectivity index (χ4n) is 3.44. The number of hydrogen-bond donors (Lipinski definition) is 2. The van der Waals surface area contributed by atoms with E-state index in [1.165, 1.54) is 11.1 Å². The standard InChI is InChI=1S/C25H26N4O/c1-18(20-10-4-3-5-11-20)27-24-22-13-6-7-14-23(22)28-25(29-24)26-16-15-19-9-8-12-21(17-19)30-2/h3-14,17-18H,15-16H2,1-2H3,(H2,26,27,28,29). The van der Waals surface area contributed by atoms with Gasteiger partial charge in [-0.25, -0.2) is 4.98 Å². The molecule has 1 heterocycles. The van der Waals surface area contributed by atoms with Crippen molar-refractivity contribution >= 4 is 22.7 Å². The molecule has 0 spiro atoms. The number of para-hydroxylation sites is 1. The van der Waals surface area contributed by atoms with Gasteiger partial charge >= 0.3 is 0 Å². The molecule has 3 aromatic carbocycles. The maximum Gasteiger partial charge on any atom is 0.225 e. The Hall–Kier alpha value is -3.60. The molecule has 0 saturated heterocycles. The molecule has 4 aromatic rings. The number of benzene rings is 3. The van der Waals surface area contributed by atoms with Gasteiger partial charge in [0.05, 0.1) is 12.6 Å². The van der Waals surface area contributed by atoms with Crippen molar-refractivity contribution in [1.29, 1.82) is 0 Å². The number of methoxy groups -OCH3 is 1. The lowest BCUT2D eigenvalue weighted by Gasteiger charge is -2.17. The first-order chi connectivity index (χ1) is 14.7. The first-order valence-corrected chi connectivity index (χ1v) is 10.2. The summed E-state index contributed by atoms with van der Waals surface area (Å²) >= 11 is 0. The Bertz CT molecular complexity index is 1110. The van der Waals surface area contributed by atoms with Crippen LogP contribution in [0.4, 0.5) is 11.8 Å². The molecule has 0 fully saturated rings. The van der Waals surface area contributed by atoms with Crippen LogP contribution in [0.1, 0.15) is 24.1 Å². The van der Waals surface area contributed by atoms with Crippen LogP contribution in [0.3, 0.4) is 0 Å². The third kappa shape index (κ3) is 4.69. The van der Waals surface area contributed by atoms with Gasteiger partial charge in [0.1, 0.15) is 11.6 Å². The second-order valence-electron chi connectivity index (χ2n) is 7.22. The molecule has 2 N–H and O–H groups in total. The molecule has 1 aromatic heterocycles. The highest BCUT2D eigenvalue weighted by Crippen LogP contribution is 2.26. The predicted octanol–water partition coefficient (Wildman–Crippen LogP) is 5.47. The molecule has 5 nitrogen and oxygen atoms in total. The van der Waals surface area contributed by atoms with Crippen LogP contribution < -0.4 is 15.4 Å². The van der Waals surface area contributed by atoms with Crippen LogP contribution in [-0.2, 0) is 6.42 Å². The molecule has 0 aliphatic heterocycles. The van der Waals surface area contributed by atoms with Gasteiger partial charge in [-0.1, -0.05) is 54.6 Å². The number of fused-ring (bicyclic) bond motifs is 1. The summed E-state index contributed by atoms with van der Waals surface area (Å²) in [5.41, 5.74) is 3.34. The SMILES string of the molecule is COc1cccc(CCNc2nc(NC(C)c3ccccc3)c3ccccc3n2)c1. The van der Waals surface area contributed by atoms with Crippen LogP contribution in [-0.4, -0.2) is 23.6 Å². The second-order valence-corrected chi connectivity index (χ2v) is 7.22. The summed E-state index contributed by atoms with van der Waals surface area (Å²) in [5, 5.41) is 7.94. The average molecular weight is 399 g/mol. The fraction of sp³-hybridized carbons (Fsp3) is 0.200. The van der Waals surface area contributed by atoms with Gasteiger partial charge in [0.15, 0.2) is 0 Å². The van der Waals surface area contributed by atoms with Crippen LogP contribution in [0.5, 0.6) is 5.75 Å². The van der Waals surface area contributed by atoms with E-state index in [1.54, 1.807) is 7.11 Å². The van der Waals surface area contributed by atoms with Gasteiger partial charge in [-0.2, -0.15) is 4.98 Å². The maximum absolute atomic E-state index is 5.30. The largest absolute Gasteiger partial charge is 0.497 e. The first-order valence-electron chi connectivity index (χ1n) is 10.2. The quantitative estimate of drug-likeness (QED) is 0.412. The number of hydrogen-bond acceptors (Lipinski definition) is 5. The van der Waals surface area contributed by atoms with Gasteiger partial charge in [0.25, 0.3) is 0 Å². The molecule has 1 unspecified atom stereocenters. The molecular weight excluding hydrogens is 372 g/mol. The normalized spacial score (nSPS) is 11.8. The minimum Gasteiger partial charge on any atom is -0.497 e. The molecule has 1 atom stereocenters. The smallest absolute Gasteiger partial charge is 0.225 e. The molecule has 152 valence electrons. The monoisotopic (exact) mass is 398 g/mol. The summed E-state index contributed by atoms with van der Waals surface area (Å²) < 4.78 is 5.30. The van der Waals surface area contributed by atoms with E-state index in [0.29, 0.717) is 5.95 Å². The fourth-order valence-corrected chi connectivity index (χ4v) is 3.44. The number of nitrogens with one attached hydrogen (secondary N) is 2. The van der Waals surface area contributed by atoms with Crippen molar-refractivity contribution < 1.29 is 4.74 Å². The molecule has 0 aliphatic carbocycles. The summed E-state index contributed by atoms with van der Waals surface area (Å²) in [7, 11) is 1.69. The third-order valence-electron chi connectivity index (χ3n) is 5.09. The minimum atomic E-state index is 0.133. The Balaban J connectivity index is 1.52. The lowest BCUT2D eigenvalue weighted by molar-refractivity contribution is 0.414. The molecule has 0 radical (unpaired) electrons. The van der Waals surface area contributed by atoms with E-state index >= 15 is 0 Å². The molecule has 0 bridgehead atoms. The Morgan fingerprint density at radius 3 is 2.53 bits per heavy atom. The van der Waals surface area contributed by atoms with Crippen LogP contribution >= 0.6 is 0 Å². The Labute approximate surface area is 177 Å². The van der Waals surface area contributed by atoms with Crippen LogP contribution in [0.25, 0.3) is 10.9 Å². The predicted molar refractivity (Wildman–Crippen MR) is 123 cm³/mol. The number of nitrogens with zero attached hydrogens (tertiary/aromatic N) is 2. The molecule has 0 aliphatic rings. The van der Waals surface area contributed by atoms with Crippen molar-refractivity contribution in [2.24, 2.45) is 0 Å². The van der Waals surface area contributed by atoms with Gasteiger partial charge in [0.2, 0.25) is 5.95 Å². The molecule has 30 heavy (non-hydrogen) atoms. The number of rotatable bonds is 8. The zero-order chi connectivity index (χ0) is 20.8. The molecule has 0 amide bonds. The van der Waals surface area contributed by atoms with Gasteiger partial charge in [-0.05, 0) is 48.7 Å². The lowest BCUT2D eigenvalue weighted by atomic mass is 10.1. The number of aromatic nitrogens is 2. The molecular formula is C25H26N4O. The van der Waals surface area contributed by atoms with E-state index in [9.17, 15) is 0 Å². The average Bonchev–Trinajstić information content (AvgIpc) is 2.80. The maximum atomic E-state index is 5.30. The van der Waals surface area contributed by atoms with E-state index < -0.39 is 0 Å². The molecule has 4 rings (SSSR count). The van der Waals surface area contributed by atoms with Crippen molar-refractivity contribution in [2.45, 2.75) is 19.4 Å². The van der Waals surface area contributed by atoms with E-state index in [1.807, 2.05) is 36.4 Å². The zero-order valence-electron chi connectivity index (χ0n) is 17.3. The lowest BCUT2D eigenvalue weighted by Crippen LogP contribution is -2.12. The van der Waals surface area contributed by atoms with Gasteiger partial charge in [-0.3, -0.25) is 0 Å². The highest BCUT2D eigenvalue weighted by molar-refractivity contribution is 5.90. The van der Waals surface area contributed by atoms with Crippen LogP contribution in [0.2, 0.25) is 0 Å². The summed E-state index contributed by atoms with van der Waals surface area (Å²) in [6.45, 7) is 2.88. The van der Waals surface area contributed by atoms with Gasteiger partial charge in [-0.15, -0.1) is 0 Å². The topological polar surface area (TPSA) is 59.1 Å².